The molecule has 7 heteroatoms. The van der Waals surface area contributed by atoms with E-state index in [0.29, 0.717) is 19.8 Å². The van der Waals surface area contributed by atoms with Crippen molar-refractivity contribution in [3.63, 3.8) is 0 Å². The molecule has 0 aliphatic carbocycles. The molecule has 2 N–H and O–H groups in total. The zero-order valence-electron chi connectivity index (χ0n) is 16.9. The van der Waals surface area contributed by atoms with Crippen molar-refractivity contribution >= 4 is 11.8 Å². The minimum Gasteiger partial charge on any atom is -0.382 e. The van der Waals surface area contributed by atoms with E-state index in [-0.39, 0.29) is 0 Å². The van der Waals surface area contributed by atoms with Gasteiger partial charge < -0.3 is 25.0 Å². The molecule has 1 aromatic heterocycles. The Kier molecular flexibility index (Phi) is 10.6. The molecule has 0 atom stereocenters. The van der Waals surface area contributed by atoms with E-state index in [4.69, 9.17) is 9.47 Å². The molecule has 1 fully saturated rings. The Bertz CT molecular complexity index is 528. The van der Waals surface area contributed by atoms with E-state index in [0.717, 1.165) is 50.0 Å². The Labute approximate surface area is 163 Å². The fraction of sp³-hybridized carbons (Fsp3) is 0.700. The lowest BCUT2D eigenvalue weighted by Crippen LogP contribution is -2.37. The third-order valence-electron chi connectivity index (χ3n) is 4.61. The van der Waals surface area contributed by atoms with Gasteiger partial charge >= 0.3 is 0 Å². The summed E-state index contributed by atoms with van der Waals surface area (Å²) in [7, 11) is 3.46. The standard InChI is InChI=1S/C20H35N5O2/c1-21-20(22-10-7-13-27-15-14-26-2)24-17-18-8-9-19(23-16-18)25-11-5-3-4-6-12-25/h8-9,16H,3-7,10-15,17H2,1-2H3,(H2,21,22,24). The maximum atomic E-state index is 5.45. The third kappa shape index (κ3) is 8.58. The van der Waals surface area contributed by atoms with Gasteiger partial charge in [-0.3, -0.25) is 4.99 Å². The highest BCUT2D eigenvalue weighted by Crippen LogP contribution is 2.17. The first-order valence-electron chi connectivity index (χ1n) is 10.0. The molecule has 0 radical (unpaired) electrons. The Morgan fingerprint density at radius 3 is 2.59 bits per heavy atom. The van der Waals surface area contributed by atoms with Gasteiger partial charge in [0.15, 0.2) is 5.96 Å². The van der Waals surface area contributed by atoms with Gasteiger partial charge in [0.2, 0.25) is 0 Å². The van der Waals surface area contributed by atoms with Gasteiger partial charge in [-0.1, -0.05) is 18.9 Å². The molecule has 0 saturated carbocycles. The van der Waals surface area contributed by atoms with Gasteiger partial charge in [-0.2, -0.15) is 0 Å². The molecular formula is C20H35N5O2. The average Bonchev–Trinajstić information content (AvgIpc) is 2.99. The first kappa shape index (κ1) is 21.4. The number of anilines is 1. The summed E-state index contributed by atoms with van der Waals surface area (Å²) in [4.78, 5) is 11.3. The maximum absolute atomic E-state index is 5.45. The van der Waals surface area contributed by atoms with Crippen molar-refractivity contribution in [1.82, 2.24) is 15.6 Å². The lowest BCUT2D eigenvalue weighted by Gasteiger charge is -2.21. The molecule has 1 saturated heterocycles. The fourth-order valence-electron chi connectivity index (χ4n) is 3.04. The molecule has 0 unspecified atom stereocenters. The number of aliphatic imine (C=N–C) groups is 1. The van der Waals surface area contributed by atoms with Gasteiger partial charge in [-0.05, 0) is 30.9 Å². The maximum Gasteiger partial charge on any atom is 0.191 e. The molecule has 152 valence electrons. The highest BCUT2D eigenvalue weighted by Gasteiger charge is 2.10. The van der Waals surface area contributed by atoms with Crippen LogP contribution in [0.5, 0.6) is 0 Å². The Morgan fingerprint density at radius 1 is 1.11 bits per heavy atom. The molecule has 1 aliphatic heterocycles. The predicted octanol–water partition coefficient (Wildman–Crippen LogP) is 2.18. The Hall–Kier alpha value is -1.86. The molecule has 1 aliphatic rings. The molecule has 1 aromatic rings. The van der Waals surface area contributed by atoms with Crippen LogP contribution >= 0.6 is 0 Å². The van der Waals surface area contributed by atoms with Crippen LogP contribution in [0.25, 0.3) is 0 Å². The van der Waals surface area contributed by atoms with Crippen LogP contribution < -0.4 is 15.5 Å². The van der Waals surface area contributed by atoms with Gasteiger partial charge in [0.1, 0.15) is 5.82 Å². The molecule has 7 nitrogen and oxygen atoms in total. The van der Waals surface area contributed by atoms with E-state index in [1.165, 1.54) is 25.7 Å². The average molecular weight is 378 g/mol. The number of guanidine groups is 1. The van der Waals surface area contributed by atoms with E-state index >= 15 is 0 Å². The molecule has 0 bridgehead atoms. The van der Waals surface area contributed by atoms with Crippen LogP contribution in [0.1, 0.15) is 37.7 Å². The fourth-order valence-corrected chi connectivity index (χ4v) is 3.04. The van der Waals surface area contributed by atoms with Gasteiger partial charge in [0, 0.05) is 53.1 Å². The van der Waals surface area contributed by atoms with Crippen molar-refractivity contribution in [2.75, 3.05) is 58.5 Å². The molecule has 0 amide bonds. The number of nitrogens with zero attached hydrogens (tertiary/aromatic N) is 3. The lowest BCUT2D eigenvalue weighted by molar-refractivity contribution is 0.0698. The van der Waals surface area contributed by atoms with Crippen LogP contribution in [0.4, 0.5) is 5.82 Å². The van der Waals surface area contributed by atoms with E-state index in [2.05, 4.69) is 37.6 Å². The topological polar surface area (TPSA) is 71.0 Å². The number of hydrogen-bond donors (Lipinski definition) is 2. The number of hydrogen-bond acceptors (Lipinski definition) is 5. The summed E-state index contributed by atoms with van der Waals surface area (Å²) < 4.78 is 10.4. The normalized spacial score (nSPS) is 15.5. The van der Waals surface area contributed by atoms with Gasteiger partial charge in [-0.25, -0.2) is 4.98 Å². The second-order valence-electron chi connectivity index (χ2n) is 6.74. The molecule has 0 aromatic carbocycles. The van der Waals surface area contributed by atoms with E-state index in [1.807, 2.05) is 6.20 Å². The highest BCUT2D eigenvalue weighted by atomic mass is 16.5. The van der Waals surface area contributed by atoms with Crippen LogP contribution in [0.3, 0.4) is 0 Å². The quantitative estimate of drug-likeness (QED) is 0.370. The number of rotatable bonds is 10. The number of pyridine rings is 1. The number of aromatic nitrogens is 1. The van der Waals surface area contributed by atoms with Gasteiger partial charge in [-0.15, -0.1) is 0 Å². The minimum atomic E-state index is 0.640. The van der Waals surface area contributed by atoms with Crippen molar-refractivity contribution in [2.24, 2.45) is 4.99 Å². The van der Waals surface area contributed by atoms with Crippen molar-refractivity contribution in [1.29, 1.82) is 0 Å². The summed E-state index contributed by atoms with van der Waals surface area (Å²) in [5, 5.41) is 6.63. The second kappa shape index (κ2) is 13.3. The van der Waals surface area contributed by atoms with Gasteiger partial charge in [0.05, 0.1) is 13.2 Å². The molecule has 27 heavy (non-hydrogen) atoms. The van der Waals surface area contributed by atoms with Crippen LogP contribution in [-0.2, 0) is 16.0 Å². The first-order valence-corrected chi connectivity index (χ1v) is 10.0. The smallest absolute Gasteiger partial charge is 0.191 e. The largest absolute Gasteiger partial charge is 0.382 e. The summed E-state index contributed by atoms with van der Waals surface area (Å²) in [6.07, 6.45) is 8.10. The molecule has 0 spiro atoms. The van der Waals surface area contributed by atoms with Crippen molar-refractivity contribution in [2.45, 2.75) is 38.6 Å². The Balaban J connectivity index is 1.66. The third-order valence-corrected chi connectivity index (χ3v) is 4.61. The van der Waals surface area contributed by atoms with Crippen LogP contribution in [-0.4, -0.2) is 64.6 Å². The van der Waals surface area contributed by atoms with Crippen LogP contribution in [0, 0.1) is 0 Å². The summed E-state index contributed by atoms with van der Waals surface area (Å²) in [6.45, 7) is 5.77. The SMILES string of the molecule is CN=C(NCCCOCCOC)NCc1ccc(N2CCCCCC2)nc1. The summed E-state index contributed by atoms with van der Waals surface area (Å²) >= 11 is 0. The predicted molar refractivity (Wildman–Crippen MR) is 110 cm³/mol. The number of nitrogens with one attached hydrogen (secondary N) is 2. The highest BCUT2D eigenvalue weighted by molar-refractivity contribution is 5.79. The summed E-state index contributed by atoms with van der Waals surface area (Å²) in [5.74, 6) is 1.89. The van der Waals surface area contributed by atoms with Gasteiger partial charge in [0.25, 0.3) is 0 Å². The Morgan fingerprint density at radius 2 is 1.93 bits per heavy atom. The zero-order valence-corrected chi connectivity index (χ0v) is 16.9. The number of ether oxygens (including phenoxy) is 2. The van der Waals surface area contributed by atoms with Crippen LogP contribution in [0.2, 0.25) is 0 Å². The first-order chi connectivity index (χ1) is 13.3. The summed E-state index contributed by atoms with van der Waals surface area (Å²) in [6, 6.07) is 4.28. The van der Waals surface area contributed by atoms with Crippen molar-refractivity contribution < 1.29 is 9.47 Å². The molecule has 2 heterocycles. The van der Waals surface area contributed by atoms with Crippen LogP contribution in [0.15, 0.2) is 23.3 Å². The summed E-state index contributed by atoms with van der Waals surface area (Å²) in [5.41, 5.74) is 1.15. The lowest BCUT2D eigenvalue weighted by atomic mass is 10.2. The zero-order chi connectivity index (χ0) is 19.2. The monoisotopic (exact) mass is 377 g/mol. The molecular weight excluding hydrogens is 342 g/mol. The van der Waals surface area contributed by atoms with E-state index in [1.54, 1.807) is 14.2 Å². The second-order valence-corrected chi connectivity index (χ2v) is 6.74. The van der Waals surface area contributed by atoms with E-state index in [9.17, 15) is 0 Å². The minimum absolute atomic E-state index is 0.640. The number of methoxy groups -OCH3 is 1. The van der Waals surface area contributed by atoms with Crippen molar-refractivity contribution in [3.8, 4) is 0 Å². The van der Waals surface area contributed by atoms with Crippen molar-refractivity contribution in [3.05, 3.63) is 23.9 Å². The molecule has 2 rings (SSSR count). The van der Waals surface area contributed by atoms with E-state index < -0.39 is 0 Å².